The molecule has 0 amide bonds. The van der Waals surface area contributed by atoms with Gasteiger partial charge in [-0.25, -0.2) is 4.98 Å². The van der Waals surface area contributed by atoms with Crippen molar-refractivity contribution in [2.24, 2.45) is 0 Å². The molecule has 0 aliphatic carbocycles. The Morgan fingerprint density at radius 1 is 1.53 bits per heavy atom. The van der Waals surface area contributed by atoms with Gasteiger partial charge in [0, 0.05) is 0 Å². The zero-order valence-electron chi connectivity index (χ0n) is 8.66. The van der Waals surface area contributed by atoms with Crippen molar-refractivity contribution in [1.82, 2.24) is 4.98 Å². The molecule has 1 heterocycles. The second kappa shape index (κ2) is 4.37. The third-order valence-electron chi connectivity index (χ3n) is 2.04. The number of benzene rings is 1. The van der Waals surface area contributed by atoms with Gasteiger partial charge in [-0.3, -0.25) is 0 Å². The van der Waals surface area contributed by atoms with Crippen molar-refractivity contribution < 1.29 is 4.74 Å². The Morgan fingerprint density at radius 3 is 3.00 bits per heavy atom. The van der Waals surface area contributed by atoms with Crippen LogP contribution in [0.1, 0.15) is 24.2 Å². The summed E-state index contributed by atoms with van der Waals surface area (Å²) in [7, 11) is 0. The van der Waals surface area contributed by atoms with Gasteiger partial charge in [-0.2, -0.15) is 0 Å². The summed E-state index contributed by atoms with van der Waals surface area (Å²) in [5.74, 6) is 0.842. The lowest BCUT2D eigenvalue weighted by molar-refractivity contribution is 0.343. The van der Waals surface area contributed by atoms with Gasteiger partial charge in [0.2, 0.25) is 0 Å². The third-order valence-corrected chi connectivity index (χ3v) is 3.58. The van der Waals surface area contributed by atoms with Crippen LogP contribution in [0, 0.1) is 0 Å². The minimum absolute atomic E-state index is 0.0446. The predicted molar refractivity (Wildman–Crippen MR) is 65.1 cm³/mol. The Kier molecular flexibility index (Phi) is 3.12. The van der Waals surface area contributed by atoms with Gasteiger partial charge in [-0.1, -0.05) is 6.07 Å². The minimum Gasteiger partial charge on any atom is -0.492 e. The molecule has 1 atom stereocenters. The van der Waals surface area contributed by atoms with Gasteiger partial charge in [0.1, 0.15) is 16.3 Å². The molecule has 2 rings (SSSR count). The molecule has 2 aromatic rings. The third kappa shape index (κ3) is 2.08. The fourth-order valence-electron chi connectivity index (χ4n) is 1.38. The van der Waals surface area contributed by atoms with Crippen LogP contribution in [0.5, 0.6) is 5.75 Å². The normalized spacial score (nSPS) is 13.0. The van der Waals surface area contributed by atoms with Crippen molar-refractivity contribution in [3.8, 4) is 5.75 Å². The maximum absolute atomic E-state index is 6.01. The van der Waals surface area contributed by atoms with E-state index < -0.39 is 0 Å². The molecular formula is C11H12ClNOS. The first-order valence-electron chi connectivity index (χ1n) is 4.88. The average Bonchev–Trinajstić information content (AvgIpc) is 2.63. The van der Waals surface area contributed by atoms with Crippen molar-refractivity contribution >= 4 is 33.2 Å². The van der Waals surface area contributed by atoms with Crippen LogP contribution in [-0.2, 0) is 0 Å². The Labute approximate surface area is 97.8 Å². The molecule has 0 N–H and O–H groups in total. The largest absolute Gasteiger partial charge is 0.492 e. The lowest BCUT2D eigenvalue weighted by atomic mass is 10.3. The summed E-state index contributed by atoms with van der Waals surface area (Å²) >= 11 is 7.63. The van der Waals surface area contributed by atoms with E-state index in [1.54, 1.807) is 11.3 Å². The molecule has 0 saturated heterocycles. The molecule has 80 valence electrons. The number of ether oxygens (including phenoxy) is 1. The van der Waals surface area contributed by atoms with E-state index in [0.29, 0.717) is 6.61 Å². The van der Waals surface area contributed by atoms with E-state index in [9.17, 15) is 0 Å². The smallest absolute Gasteiger partial charge is 0.146 e. The van der Waals surface area contributed by atoms with Crippen LogP contribution < -0.4 is 4.74 Å². The molecule has 0 saturated carbocycles. The van der Waals surface area contributed by atoms with Crippen LogP contribution in [0.2, 0.25) is 0 Å². The van der Waals surface area contributed by atoms with Gasteiger partial charge in [-0.05, 0) is 26.0 Å². The molecule has 0 aliphatic rings. The molecule has 1 unspecified atom stereocenters. The number of halogens is 1. The highest BCUT2D eigenvalue weighted by Gasteiger charge is 2.11. The zero-order chi connectivity index (χ0) is 10.8. The number of alkyl halides is 1. The maximum Gasteiger partial charge on any atom is 0.146 e. The Bertz CT molecular complexity index is 467. The molecule has 0 bridgehead atoms. The highest BCUT2D eigenvalue weighted by Crippen LogP contribution is 2.33. The van der Waals surface area contributed by atoms with Crippen molar-refractivity contribution in [2.75, 3.05) is 6.61 Å². The fourth-order valence-corrected chi connectivity index (χ4v) is 2.48. The summed E-state index contributed by atoms with van der Waals surface area (Å²) in [6.45, 7) is 4.55. The van der Waals surface area contributed by atoms with E-state index >= 15 is 0 Å². The Morgan fingerprint density at radius 2 is 2.33 bits per heavy atom. The lowest BCUT2D eigenvalue weighted by Gasteiger charge is -2.02. The van der Waals surface area contributed by atoms with Crippen molar-refractivity contribution in [2.45, 2.75) is 19.2 Å². The van der Waals surface area contributed by atoms with E-state index in [4.69, 9.17) is 16.3 Å². The van der Waals surface area contributed by atoms with E-state index in [1.165, 1.54) is 0 Å². The molecule has 1 aromatic heterocycles. The van der Waals surface area contributed by atoms with Crippen LogP contribution in [-0.4, -0.2) is 11.6 Å². The molecule has 2 nitrogen and oxygen atoms in total. The average molecular weight is 242 g/mol. The number of fused-ring (bicyclic) bond motifs is 1. The maximum atomic E-state index is 6.01. The summed E-state index contributed by atoms with van der Waals surface area (Å²) < 4.78 is 6.64. The molecular weight excluding hydrogens is 230 g/mol. The van der Waals surface area contributed by atoms with Crippen LogP contribution in [0.3, 0.4) is 0 Å². The Balaban J connectivity index is 2.54. The second-order valence-electron chi connectivity index (χ2n) is 3.20. The van der Waals surface area contributed by atoms with Crippen molar-refractivity contribution in [3.05, 3.63) is 23.2 Å². The first-order chi connectivity index (χ1) is 7.22. The quantitative estimate of drug-likeness (QED) is 0.758. The number of hydrogen-bond acceptors (Lipinski definition) is 3. The fraction of sp³-hybridized carbons (Fsp3) is 0.364. The van der Waals surface area contributed by atoms with Gasteiger partial charge < -0.3 is 4.74 Å². The standard InChI is InChI=1S/C11H12ClNOS/c1-3-14-8-5-4-6-9-10(8)13-11(15-9)7(2)12/h4-7H,3H2,1-2H3. The zero-order valence-corrected chi connectivity index (χ0v) is 10.2. The van der Waals surface area contributed by atoms with Gasteiger partial charge in [0.05, 0.1) is 16.7 Å². The molecule has 1 aromatic carbocycles. The van der Waals surface area contributed by atoms with E-state index in [-0.39, 0.29) is 5.38 Å². The van der Waals surface area contributed by atoms with E-state index in [2.05, 4.69) is 4.98 Å². The summed E-state index contributed by atoms with van der Waals surface area (Å²) in [4.78, 5) is 4.49. The topological polar surface area (TPSA) is 22.1 Å². The SMILES string of the molecule is CCOc1cccc2sc(C(C)Cl)nc12. The van der Waals surface area contributed by atoms with Crippen LogP contribution in [0.4, 0.5) is 0 Å². The highest BCUT2D eigenvalue weighted by atomic mass is 35.5. The highest BCUT2D eigenvalue weighted by molar-refractivity contribution is 7.18. The van der Waals surface area contributed by atoms with E-state index in [0.717, 1.165) is 21.0 Å². The van der Waals surface area contributed by atoms with Crippen LogP contribution in [0.25, 0.3) is 10.2 Å². The molecule has 0 spiro atoms. The second-order valence-corrected chi connectivity index (χ2v) is 4.92. The number of hydrogen-bond donors (Lipinski definition) is 0. The lowest BCUT2D eigenvalue weighted by Crippen LogP contribution is -1.92. The molecule has 0 radical (unpaired) electrons. The summed E-state index contributed by atoms with van der Waals surface area (Å²) in [6, 6.07) is 5.96. The molecule has 4 heteroatoms. The number of nitrogens with zero attached hydrogens (tertiary/aromatic N) is 1. The number of rotatable bonds is 3. The van der Waals surface area contributed by atoms with Crippen molar-refractivity contribution in [3.63, 3.8) is 0 Å². The van der Waals surface area contributed by atoms with Crippen LogP contribution in [0.15, 0.2) is 18.2 Å². The number of aromatic nitrogens is 1. The van der Waals surface area contributed by atoms with Gasteiger partial charge >= 0.3 is 0 Å². The number of thiazole rings is 1. The van der Waals surface area contributed by atoms with Gasteiger partial charge in [0.25, 0.3) is 0 Å². The summed E-state index contributed by atoms with van der Waals surface area (Å²) in [5, 5.41) is 0.899. The first-order valence-corrected chi connectivity index (χ1v) is 6.14. The summed E-state index contributed by atoms with van der Waals surface area (Å²) in [5.41, 5.74) is 0.923. The molecule has 0 fully saturated rings. The summed E-state index contributed by atoms with van der Waals surface area (Å²) in [6.07, 6.45) is 0. The van der Waals surface area contributed by atoms with Crippen LogP contribution >= 0.6 is 22.9 Å². The van der Waals surface area contributed by atoms with Gasteiger partial charge in [-0.15, -0.1) is 22.9 Å². The monoisotopic (exact) mass is 241 g/mol. The minimum atomic E-state index is -0.0446. The first kappa shape index (κ1) is 10.7. The molecule has 15 heavy (non-hydrogen) atoms. The number of para-hydroxylation sites is 1. The predicted octanol–water partition coefficient (Wildman–Crippen LogP) is 3.99. The molecule has 0 aliphatic heterocycles. The van der Waals surface area contributed by atoms with E-state index in [1.807, 2.05) is 32.0 Å². The Hall–Kier alpha value is -0.800. The van der Waals surface area contributed by atoms with Gasteiger partial charge in [0.15, 0.2) is 0 Å². The van der Waals surface area contributed by atoms with Crippen molar-refractivity contribution in [1.29, 1.82) is 0 Å².